The summed E-state index contributed by atoms with van der Waals surface area (Å²) in [5.74, 6) is 1.61. The average Bonchev–Trinajstić information content (AvgIpc) is 2.30. The molecule has 0 fully saturated rings. The van der Waals surface area contributed by atoms with Crippen molar-refractivity contribution in [1.82, 2.24) is 4.98 Å². The molecule has 1 heterocycles. The third kappa shape index (κ3) is 4.61. The first-order valence-electron chi connectivity index (χ1n) is 6.25. The minimum absolute atomic E-state index is 0.148. The van der Waals surface area contributed by atoms with Crippen molar-refractivity contribution in [2.24, 2.45) is 5.73 Å². The Labute approximate surface area is 104 Å². The van der Waals surface area contributed by atoms with Gasteiger partial charge in [-0.1, -0.05) is 6.92 Å². The van der Waals surface area contributed by atoms with Gasteiger partial charge in [0.1, 0.15) is 0 Å². The van der Waals surface area contributed by atoms with E-state index in [1.54, 1.807) is 6.20 Å². The van der Waals surface area contributed by atoms with Crippen molar-refractivity contribution >= 4 is 5.82 Å². The molecule has 0 spiro atoms. The summed E-state index contributed by atoms with van der Waals surface area (Å²) in [6.07, 6.45) is 3.88. The third-order valence-electron chi connectivity index (χ3n) is 2.48. The quantitative estimate of drug-likeness (QED) is 0.764. The molecule has 0 radical (unpaired) electrons. The van der Waals surface area contributed by atoms with Gasteiger partial charge in [-0.15, -0.1) is 0 Å². The van der Waals surface area contributed by atoms with Crippen molar-refractivity contribution in [1.29, 1.82) is 0 Å². The van der Waals surface area contributed by atoms with Gasteiger partial charge < -0.3 is 15.8 Å². The molecule has 17 heavy (non-hydrogen) atoms. The number of hydrogen-bond acceptors (Lipinski definition) is 4. The average molecular weight is 237 g/mol. The molecule has 1 atom stereocenters. The molecule has 1 unspecified atom stereocenters. The Morgan fingerprint density at radius 3 is 2.82 bits per heavy atom. The highest BCUT2D eigenvalue weighted by atomic mass is 16.5. The zero-order valence-corrected chi connectivity index (χ0v) is 10.9. The molecule has 1 aromatic heterocycles. The molecule has 1 rings (SSSR count). The molecule has 4 nitrogen and oxygen atoms in total. The van der Waals surface area contributed by atoms with Gasteiger partial charge in [0.05, 0.1) is 6.10 Å². The number of nitrogens with zero attached hydrogens (tertiary/aromatic N) is 1. The Balaban J connectivity index is 2.74. The van der Waals surface area contributed by atoms with E-state index >= 15 is 0 Å². The molecule has 0 saturated carbocycles. The van der Waals surface area contributed by atoms with Crippen LogP contribution in [0.1, 0.15) is 33.6 Å². The van der Waals surface area contributed by atoms with Crippen molar-refractivity contribution in [3.05, 3.63) is 18.3 Å². The fourth-order valence-electron chi connectivity index (χ4n) is 1.62. The molecule has 1 aromatic rings. The molecule has 0 saturated heterocycles. The molecule has 0 aromatic carbocycles. The summed E-state index contributed by atoms with van der Waals surface area (Å²) in [4.78, 5) is 4.32. The molecule has 4 heteroatoms. The number of pyridine rings is 1. The third-order valence-corrected chi connectivity index (χ3v) is 2.48. The molecule has 96 valence electrons. The van der Waals surface area contributed by atoms with Gasteiger partial charge in [0.25, 0.3) is 0 Å². The van der Waals surface area contributed by atoms with Crippen LogP contribution in [0.3, 0.4) is 0 Å². The van der Waals surface area contributed by atoms with Gasteiger partial charge in [0.2, 0.25) is 0 Å². The van der Waals surface area contributed by atoms with Crippen LogP contribution in [0.5, 0.6) is 5.75 Å². The Kier molecular flexibility index (Phi) is 5.77. The van der Waals surface area contributed by atoms with Crippen LogP contribution in [0, 0.1) is 0 Å². The van der Waals surface area contributed by atoms with E-state index < -0.39 is 0 Å². The molecule has 0 bridgehead atoms. The summed E-state index contributed by atoms with van der Waals surface area (Å²) in [7, 11) is 0. The van der Waals surface area contributed by atoms with Gasteiger partial charge in [-0.3, -0.25) is 0 Å². The maximum Gasteiger partial charge on any atom is 0.168 e. The first-order chi connectivity index (χ1) is 8.17. The molecule has 0 aliphatic rings. The molecular formula is C13H23N3O. The lowest BCUT2D eigenvalue weighted by atomic mass is 10.1. The minimum atomic E-state index is 0.148. The van der Waals surface area contributed by atoms with Crippen LogP contribution < -0.4 is 15.8 Å². The summed E-state index contributed by atoms with van der Waals surface area (Å²) < 4.78 is 5.71. The highest BCUT2D eigenvalue weighted by molar-refractivity contribution is 5.50. The zero-order valence-electron chi connectivity index (χ0n) is 10.9. The van der Waals surface area contributed by atoms with Gasteiger partial charge in [-0.25, -0.2) is 4.98 Å². The number of aromatic nitrogens is 1. The zero-order chi connectivity index (χ0) is 12.7. The van der Waals surface area contributed by atoms with E-state index in [1.807, 2.05) is 26.0 Å². The molecule has 0 aliphatic heterocycles. The van der Waals surface area contributed by atoms with Crippen molar-refractivity contribution in [3.8, 4) is 5.75 Å². The summed E-state index contributed by atoms with van der Waals surface area (Å²) in [6.45, 7) is 6.83. The number of anilines is 1. The number of ether oxygens (including phenoxy) is 1. The Bertz CT molecular complexity index is 328. The van der Waals surface area contributed by atoms with Crippen LogP contribution in [0.25, 0.3) is 0 Å². The topological polar surface area (TPSA) is 60.2 Å². The van der Waals surface area contributed by atoms with E-state index in [9.17, 15) is 0 Å². The second-order valence-electron chi connectivity index (χ2n) is 4.34. The lowest BCUT2D eigenvalue weighted by Crippen LogP contribution is -2.23. The predicted molar refractivity (Wildman–Crippen MR) is 71.4 cm³/mol. The van der Waals surface area contributed by atoms with Crippen LogP contribution in [0.15, 0.2) is 18.3 Å². The normalized spacial score (nSPS) is 12.5. The van der Waals surface area contributed by atoms with E-state index in [-0.39, 0.29) is 6.10 Å². The van der Waals surface area contributed by atoms with Gasteiger partial charge in [-0.05, 0) is 45.4 Å². The highest BCUT2D eigenvalue weighted by Crippen LogP contribution is 2.23. The van der Waals surface area contributed by atoms with E-state index in [1.165, 1.54) is 0 Å². The number of rotatable bonds is 7. The fourth-order valence-corrected chi connectivity index (χ4v) is 1.62. The summed E-state index contributed by atoms with van der Waals surface area (Å²) in [5, 5.41) is 3.39. The minimum Gasteiger partial charge on any atom is -0.487 e. The molecule has 0 amide bonds. The van der Waals surface area contributed by atoms with Crippen molar-refractivity contribution < 1.29 is 4.74 Å². The van der Waals surface area contributed by atoms with Crippen LogP contribution in [-0.2, 0) is 0 Å². The van der Waals surface area contributed by atoms with Crippen molar-refractivity contribution in [2.45, 2.75) is 45.8 Å². The van der Waals surface area contributed by atoms with Gasteiger partial charge >= 0.3 is 0 Å². The first kappa shape index (κ1) is 13.8. The van der Waals surface area contributed by atoms with E-state index in [4.69, 9.17) is 10.5 Å². The summed E-state index contributed by atoms with van der Waals surface area (Å²) >= 11 is 0. The Hall–Kier alpha value is -1.29. The maximum atomic E-state index is 5.71. The second-order valence-corrected chi connectivity index (χ2v) is 4.34. The lowest BCUT2D eigenvalue weighted by molar-refractivity contribution is 0.242. The van der Waals surface area contributed by atoms with Crippen LogP contribution in [0.4, 0.5) is 5.82 Å². The largest absolute Gasteiger partial charge is 0.487 e. The number of hydrogen-bond donors (Lipinski definition) is 2. The predicted octanol–water partition coefficient (Wildman–Crippen LogP) is 2.41. The van der Waals surface area contributed by atoms with Crippen LogP contribution in [0.2, 0.25) is 0 Å². The van der Waals surface area contributed by atoms with E-state index in [2.05, 4.69) is 17.2 Å². The molecule has 3 N–H and O–H groups in total. The Morgan fingerprint density at radius 1 is 1.47 bits per heavy atom. The summed E-state index contributed by atoms with van der Waals surface area (Å²) in [6, 6.07) is 4.17. The van der Waals surface area contributed by atoms with Gasteiger partial charge in [-0.2, -0.15) is 0 Å². The van der Waals surface area contributed by atoms with Crippen molar-refractivity contribution in [3.63, 3.8) is 0 Å². The van der Waals surface area contributed by atoms with Crippen LogP contribution >= 0.6 is 0 Å². The SMILES string of the molecule is CCC(CCN)Nc1ncccc1OC(C)C. The molecule has 0 aliphatic carbocycles. The monoisotopic (exact) mass is 237 g/mol. The lowest BCUT2D eigenvalue weighted by Gasteiger charge is -2.19. The highest BCUT2D eigenvalue weighted by Gasteiger charge is 2.10. The Morgan fingerprint density at radius 2 is 2.24 bits per heavy atom. The van der Waals surface area contributed by atoms with Crippen molar-refractivity contribution in [2.75, 3.05) is 11.9 Å². The van der Waals surface area contributed by atoms with Crippen LogP contribution in [-0.4, -0.2) is 23.7 Å². The standard InChI is InChI=1S/C13H23N3O/c1-4-11(7-8-14)16-13-12(17-10(2)3)6-5-9-15-13/h5-6,9-11H,4,7-8,14H2,1-3H3,(H,15,16). The number of nitrogens with one attached hydrogen (secondary N) is 1. The first-order valence-corrected chi connectivity index (χ1v) is 6.25. The van der Waals surface area contributed by atoms with Gasteiger partial charge in [0, 0.05) is 12.2 Å². The smallest absolute Gasteiger partial charge is 0.168 e. The van der Waals surface area contributed by atoms with E-state index in [0.717, 1.165) is 24.4 Å². The second kappa shape index (κ2) is 7.12. The number of nitrogens with two attached hydrogens (primary N) is 1. The van der Waals surface area contributed by atoms with E-state index in [0.29, 0.717) is 12.6 Å². The summed E-state index contributed by atoms with van der Waals surface area (Å²) in [5.41, 5.74) is 5.59. The fraction of sp³-hybridized carbons (Fsp3) is 0.615. The molecular weight excluding hydrogens is 214 g/mol. The van der Waals surface area contributed by atoms with Gasteiger partial charge in [0.15, 0.2) is 11.6 Å². The maximum absolute atomic E-state index is 5.71.